The average Bonchev–Trinajstić information content (AvgIpc) is 2.24. The molecule has 0 amide bonds. The van der Waals surface area contributed by atoms with Gasteiger partial charge in [0.1, 0.15) is 0 Å². The van der Waals surface area contributed by atoms with Crippen LogP contribution in [-0.4, -0.2) is 4.57 Å². The molecule has 0 spiro atoms. The smallest absolute Gasteiger partial charge is 0.204 e. The summed E-state index contributed by atoms with van der Waals surface area (Å²) < 4.78 is 1.85. The zero-order valence-electron chi connectivity index (χ0n) is 8.56. The predicted molar refractivity (Wildman–Crippen MR) is 65.7 cm³/mol. The first-order chi connectivity index (χ1) is 7.65. The van der Waals surface area contributed by atoms with Crippen LogP contribution < -0.4 is 11.2 Å². The van der Waals surface area contributed by atoms with Crippen LogP contribution >= 0.6 is 11.6 Å². The Kier molecular flexibility index (Phi) is 2.97. The minimum atomic E-state index is -0.151. The first-order valence-electron chi connectivity index (χ1n) is 4.85. The van der Waals surface area contributed by atoms with E-state index in [1.165, 1.54) is 6.07 Å². The number of benzene rings is 1. The SMILES string of the molecule is Nc1cn(Cc2cccc(Cl)c2)ccc1=O. The van der Waals surface area contributed by atoms with Gasteiger partial charge in [-0.05, 0) is 17.7 Å². The van der Waals surface area contributed by atoms with Crippen molar-refractivity contribution < 1.29 is 0 Å². The maximum absolute atomic E-state index is 11.1. The fourth-order valence-electron chi connectivity index (χ4n) is 1.49. The van der Waals surface area contributed by atoms with Crippen molar-refractivity contribution in [3.8, 4) is 0 Å². The Labute approximate surface area is 98.1 Å². The van der Waals surface area contributed by atoms with Crippen LogP contribution in [0.3, 0.4) is 0 Å². The minimum Gasteiger partial charge on any atom is -0.394 e. The zero-order chi connectivity index (χ0) is 11.5. The number of hydrogen-bond donors (Lipinski definition) is 1. The molecule has 1 aromatic heterocycles. The summed E-state index contributed by atoms with van der Waals surface area (Å²) in [5.74, 6) is 0. The van der Waals surface area contributed by atoms with Gasteiger partial charge < -0.3 is 10.3 Å². The lowest BCUT2D eigenvalue weighted by molar-refractivity contribution is 0.791. The summed E-state index contributed by atoms with van der Waals surface area (Å²) in [6.45, 7) is 0.644. The van der Waals surface area contributed by atoms with Gasteiger partial charge in [-0.2, -0.15) is 0 Å². The number of halogens is 1. The standard InChI is InChI=1S/C12H11ClN2O/c13-10-3-1-2-9(6-10)7-15-5-4-12(16)11(14)8-15/h1-6,8H,7,14H2. The average molecular weight is 235 g/mol. The molecular weight excluding hydrogens is 224 g/mol. The zero-order valence-corrected chi connectivity index (χ0v) is 9.32. The van der Waals surface area contributed by atoms with E-state index in [0.717, 1.165) is 5.56 Å². The van der Waals surface area contributed by atoms with Gasteiger partial charge >= 0.3 is 0 Å². The molecule has 0 saturated heterocycles. The van der Waals surface area contributed by atoms with Gasteiger partial charge in [0, 0.05) is 30.0 Å². The molecule has 82 valence electrons. The third-order valence-electron chi connectivity index (χ3n) is 2.26. The van der Waals surface area contributed by atoms with Crippen molar-refractivity contribution in [1.29, 1.82) is 0 Å². The Balaban J connectivity index is 2.27. The maximum Gasteiger partial charge on any atom is 0.204 e. The van der Waals surface area contributed by atoms with Crippen LogP contribution in [-0.2, 0) is 6.54 Å². The van der Waals surface area contributed by atoms with Gasteiger partial charge in [-0.3, -0.25) is 4.79 Å². The van der Waals surface area contributed by atoms with Gasteiger partial charge in [0.05, 0.1) is 5.69 Å². The molecule has 16 heavy (non-hydrogen) atoms. The molecule has 0 aliphatic rings. The van der Waals surface area contributed by atoms with Crippen LogP contribution in [0.2, 0.25) is 5.02 Å². The van der Waals surface area contributed by atoms with Crippen LogP contribution in [0, 0.1) is 0 Å². The molecule has 2 N–H and O–H groups in total. The highest BCUT2D eigenvalue weighted by Crippen LogP contribution is 2.11. The van der Waals surface area contributed by atoms with E-state index in [-0.39, 0.29) is 11.1 Å². The van der Waals surface area contributed by atoms with E-state index >= 15 is 0 Å². The van der Waals surface area contributed by atoms with Crippen LogP contribution in [0.4, 0.5) is 5.69 Å². The molecule has 0 fully saturated rings. The Morgan fingerprint density at radius 3 is 2.81 bits per heavy atom. The molecule has 1 heterocycles. The maximum atomic E-state index is 11.1. The highest BCUT2D eigenvalue weighted by atomic mass is 35.5. The fourth-order valence-corrected chi connectivity index (χ4v) is 1.70. The highest BCUT2D eigenvalue weighted by molar-refractivity contribution is 6.30. The van der Waals surface area contributed by atoms with Crippen molar-refractivity contribution >= 4 is 17.3 Å². The first-order valence-corrected chi connectivity index (χ1v) is 5.23. The van der Waals surface area contributed by atoms with E-state index in [0.29, 0.717) is 11.6 Å². The Morgan fingerprint density at radius 1 is 1.31 bits per heavy atom. The number of rotatable bonds is 2. The fraction of sp³-hybridized carbons (Fsp3) is 0.0833. The van der Waals surface area contributed by atoms with Crippen LogP contribution in [0.25, 0.3) is 0 Å². The van der Waals surface area contributed by atoms with Gasteiger partial charge in [-0.25, -0.2) is 0 Å². The van der Waals surface area contributed by atoms with Crippen molar-refractivity contribution in [1.82, 2.24) is 4.57 Å². The lowest BCUT2D eigenvalue weighted by Crippen LogP contribution is -2.11. The molecule has 0 aliphatic heterocycles. The molecule has 0 saturated carbocycles. The summed E-state index contributed by atoms with van der Waals surface area (Å²) >= 11 is 5.88. The van der Waals surface area contributed by atoms with Crippen molar-refractivity contribution in [3.63, 3.8) is 0 Å². The predicted octanol–water partition coefficient (Wildman–Crippen LogP) is 2.13. The van der Waals surface area contributed by atoms with Crippen molar-refractivity contribution in [2.75, 3.05) is 5.73 Å². The quantitative estimate of drug-likeness (QED) is 0.866. The van der Waals surface area contributed by atoms with Crippen LogP contribution in [0.5, 0.6) is 0 Å². The summed E-state index contributed by atoms with van der Waals surface area (Å²) in [5, 5.41) is 0.700. The molecule has 1 aromatic carbocycles. The Bertz CT molecular complexity index is 563. The molecule has 0 radical (unpaired) electrons. The van der Waals surface area contributed by atoms with Crippen molar-refractivity contribution in [2.24, 2.45) is 0 Å². The van der Waals surface area contributed by atoms with E-state index in [9.17, 15) is 4.79 Å². The topological polar surface area (TPSA) is 48.0 Å². The summed E-state index contributed by atoms with van der Waals surface area (Å²) in [4.78, 5) is 11.1. The van der Waals surface area contributed by atoms with Gasteiger partial charge in [-0.15, -0.1) is 0 Å². The minimum absolute atomic E-state index is 0.151. The number of aromatic nitrogens is 1. The first kappa shape index (κ1) is 10.8. The Morgan fingerprint density at radius 2 is 2.12 bits per heavy atom. The number of nitrogens with two attached hydrogens (primary N) is 1. The van der Waals surface area contributed by atoms with Crippen LogP contribution in [0.1, 0.15) is 5.56 Å². The second-order valence-corrected chi connectivity index (χ2v) is 4.00. The molecule has 4 heteroatoms. The molecular formula is C12H11ClN2O. The summed E-state index contributed by atoms with van der Waals surface area (Å²) in [6, 6.07) is 9.03. The van der Waals surface area contributed by atoms with Gasteiger partial charge in [-0.1, -0.05) is 23.7 Å². The lowest BCUT2D eigenvalue weighted by atomic mass is 10.2. The van der Waals surface area contributed by atoms with E-state index in [2.05, 4.69) is 0 Å². The van der Waals surface area contributed by atoms with Gasteiger partial charge in [0.2, 0.25) is 5.43 Å². The number of anilines is 1. The number of hydrogen-bond acceptors (Lipinski definition) is 2. The highest BCUT2D eigenvalue weighted by Gasteiger charge is 1.97. The Hall–Kier alpha value is -1.74. The number of pyridine rings is 1. The van der Waals surface area contributed by atoms with E-state index in [1.807, 2.05) is 28.8 Å². The number of nitrogen functional groups attached to an aromatic ring is 1. The second-order valence-electron chi connectivity index (χ2n) is 3.57. The summed E-state index contributed by atoms with van der Waals surface area (Å²) in [6.07, 6.45) is 3.34. The van der Waals surface area contributed by atoms with E-state index < -0.39 is 0 Å². The second kappa shape index (κ2) is 4.41. The van der Waals surface area contributed by atoms with Crippen molar-refractivity contribution in [2.45, 2.75) is 6.54 Å². The van der Waals surface area contributed by atoms with Gasteiger partial charge in [0.15, 0.2) is 0 Å². The number of nitrogens with zero attached hydrogens (tertiary/aromatic N) is 1. The third kappa shape index (κ3) is 2.44. The molecule has 2 aromatic rings. The molecule has 0 bridgehead atoms. The molecule has 3 nitrogen and oxygen atoms in total. The molecule has 0 atom stereocenters. The van der Waals surface area contributed by atoms with Gasteiger partial charge in [0.25, 0.3) is 0 Å². The normalized spacial score (nSPS) is 10.3. The molecule has 0 unspecified atom stereocenters. The largest absolute Gasteiger partial charge is 0.394 e. The van der Waals surface area contributed by atoms with E-state index in [4.69, 9.17) is 17.3 Å². The third-order valence-corrected chi connectivity index (χ3v) is 2.50. The van der Waals surface area contributed by atoms with E-state index in [1.54, 1.807) is 12.4 Å². The summed E-state index contributed by atoms with van der Waals surface area (Å²) in [7, 11) is 0. The van der Waals surface area contributed by atoms with Crippen molar-refractivity contribution in [3.05, 3.63) is 63.5 Å². The van der Waals surface area contributed by atoms with Crippen LogP contribution in [0.15, 0.2) is 47.5 Å². The molecule has 2 rings (SSSR count). The molecule has 0 aliphatic carbocycles. The lowest BCUT2D eigenvalue weighted by Gasteiger charge is -2.07. The monoisotopic (exact) mass is 234 g/mol. The summed E-state index contributed by atoms with van der Waals surface area (Å²) in [5.41, 5.74) is 6.71.